The van der Waals surface area contributed by atoms with Gasteiger partial charge in [-0.2, -0.15) is 5.10 Å². The van der Waals surface area contributed by atoms with Crippen molar-refractivity contribution in [1.82, 2.24) is 29.6 Å². The highest BCUT2D eigenvalue weighted by Crippen LogP contribution is 2.32. The molecular weight excluding hydrogens is 354 g/mol. The number of carbonyl (C=O) groups is 1. The van der Waals surface area contributed by atoms with Gasteiger partial charge in [0.25, 0.3) is 5.91 Å². The summed E-state index contributed by atoms with van der Waals surface area (Å²) in [6.07, 6.45) is 7.54. The van der Waals surface area contributed by atoms with Gasteiger partial charge in [-0.3, -0.25) is 19.4 Å². The fraction of sp³-hybridized carbons (Fsp3) is 0.300. The number of anilines is 1. The lowest BCUT2D eigenvalue weighted by atomic mass is 10.1. The molecule has 1 fully saturated rings. The number of aryl methyl sites for hydroxylation is 1. The van der Waals surface area contributed by atoms with Crippen LogP contribution in [0.15, 0.2) is 36.8 Å². The van der Waals surface area contributed by atoms with Crippen molar-refractivity contribution < 1.29 is 4.79 Å². The lowest BCUT2D eigenvalue weighted by molar-refractivity contribution is 0.102. The van der Waals surface area contributed by atoms with Gasteiger partial charge in [-0.1, -0.05) is 0 Å². The highest BCUT2D eigenvalue weighted by molar-refractivity contribution is 6.04. The van der Waals surface area contributed by atoms with E-state index >= 15 is 0 Å². The van der Waals surface area contributed by atoms with Crippen LogP contribution in [0.3, 0.4) is 0 Å². The minimum Gasteiger partial charge on any atom is -0.357 e. The summed E-state index contributed by atoms with van der Waals surface area (Å²) in [7, 11) is 3.99. The number of likely N-dealkylation sites (tertiary alicyclic amines) is 1. The van der Waals surface area contributed by atoms with E-state index in [9.17, 15) is 4.79 Å². The number of carbonyl (C=O) groups excluding carboxylic acids is 1. The van der Waals surface area contributed by atoms with E-state index in [4.69, 9.17) is 0 Å². The van der Waals surface area contributed by atoms with Crippen LogP contribution in [0, 0.1) is 0 Å². The molecule has 8 heteroatoms. The lowest BCUT2D eigenvalue weighted by Gasteiger charge is -2.17. The predicted octanol–water partition coefficient (Wildman–Crippen LogP) is 2.86. The van der Waals surface area contributed by atoms with Gasteiger partial charge in [-0.15, -0.1) is 0 Å². The monoisotopic (exact) mass is 375 g/mol. The summed E-state index contributed by atoms with van der Waals surface area (Å²) in [4.78, 5) is 27.1. The van der Waals surface area contributed by atoms with Gasteiger partial charge >= 0.3 is 0 Å². The summed E-state index contributed by atoms with van der Waals surface area (Å²) >= 11 is 0. The topological polar surface area (TPSA) is 91.7 Å². The third kappa shape index (κ3) is 2.82. The van der Waals surface area contributed by atoms with Crippen LogP contribution in [-0.4, -0.2) is 49.1 Å². The number of rotatable bonds is 3. The standard InChI is InChI=1S/C20H21N7O/c1-26-5-3-4-17(26)15-6-12-9-22-19(8-14(12)24-15)25-20(28)16-7-18-13(10-21-16)11-23-27(18)2/h6-11,17,24H,3-5H2,1-2H3,(H,22,25,28)/t17-/m1/s1. The number of fused-ring (bicyclic) bond motifs is 2. The molecule has 5 rings (SSSR count). The van der Waals surface area contributed by atoms with Crippen molar-refractivity contribution in [2.45, 2.75) is 18.9 Å². The van der Waals surface area contributed by atoms with Crippen LogP contribution >= 0.6 is 0 Å². The van der Waals surface area contributed by atoms with Gasteiger partial charge in [-0.25, -0.2) is 4.98 Å². The van der Waals surface area contributed by atoms with Crippen molar-refractivity contribution in [3.63, 3.8) is 0 Å². The molecule has 0 unspecified atom stereocenters. The largest absolute Gasteiger partial charge is 0.357 e. The average molecular weight is 375 g/mol. The molecule has 4 aromatic heterocycles. The first-order chi connectivity index (χ1) is 13.6. The normalized spacial score (nSPS) is 17.6. The van der Waals surface area contributed by atoms with Crippen molar-refractivity contribution in [2.24, 2.45) is 7.05 Å². The highest BCUT2D eigenvalue weighted by atomic mass is 16.1. The molecule has 1 aliphatic heterocycles. The Balaban J connectivity index is 1.40. The van der Waals surface area contributed by atoms with Crippen LogP contribution in [0.4, 0.5) is 5.82 Å². The van der Waals surface area contributed by atoms with Gasteiger partial charge in [0.2, 0.25) is 0 Å². The van der Waals surface area contributed by atoms with E-state index in [1.807, 2.05) is 13.1 Å². The Morgan fingerprint density at radius 2 is 2.00 bits per heavy atom. The average Bonchev–Trinajstić information content (AvgIpc) is 3.39. The zero-order chi connectivity index (χ0) is 19.3. The second-order valence-electron chi connectivity index (χ2n) is 7.37. The van der Waals surface area contributed by atoms with Gasteiger partial charge in [-0.05, 0) is 38.6 Å². The minimum atomic E-state index is -0.294. The van der Waals surface area contributed by atoms with Crippen LogP contribution < -0.4 is 5.32 Å². The number of aromatic nitrogens is 5. The van der Waals surface area contributed by atoms with Gasteiger partial charge in [0.15, 0.2) is 0 Å². The molecule has 28 heavy (non-hydrogen) atoms. The molecule has 0 saturated carbocycles. The van der Waals surface area contributed by atoms with Crippen molar-refractivity contribution in [1.29, 1.82) is 0 Å². The molecule has 2 N–H and O–H groups in total. The quantitative estimate of drug-likeness (QED) is 0.574. The fourth-order valence-corrected chi connectivity index (χ4v) is 3.95. The van der Waals surface area contributed by atoms with Gasteiger partial charge in [0.05, 0.1) is 17.2 Å². The number of hydrogen-bond donors (Lipinski definition) is 2. The Labute approximate surface area is 161 Å². The molecule has 0 aromatic carbocycles. The molecule has 0 aliphatic carbocycles. The van der Waals surface area contributed by atoms with Crippen LogP contribution in [0.25, 0.3) is 21.8 Å². The Kier molecular flexibility index (Phi) is 3.87. The Morgan fingerprint density at radius 3 is 2.82 bits per heavy atom. The summed E-state index contributed by atoms with van der Waals surface area (Å²) < 4.78 is 1.72. The molecule has 0 bridgehead atoms. The van der Waals surface area contributed by atoms with Gasteiger partial charge < -0.3 is 10.3 Å². The zero-order valence-electron chi connectivity index (χ0n) is 15.8. The maximum Gasteiger partial charge on any atom is 0.275 e. The highest BCUT2D eigenvalue weighted by Gasteiger charge is 2.24. The van der Waals surface area contributed by atoms with Crippen molar-refractivity contribution in [3.05, 3.63) is 48.2 Å². The SMILES string of the molecule is CN1CCC[C@@H]1c1cc2cnc(NC(=O)c3cc4c(cn3)cnn4C)cc2[nH]1. The van der Waals surface area contributed by atoms with E-state index in [1.54, 1.807) is 29.3 Å². The number of nitrogens with zero attached hydrogens (tertiary/aromatic N) is 5. The van der Waals surface area contributed by atoms with Gasteiger partial charge in [0.1, 0.15) is 11.5 Å². The summed E-state index contributed by atoms with van der Waals surface area (Å²) in [5.41, 5.74) is 3.36. The number of H-pyrrole nitrogens is 1. The molecule has 0 spiro atoms. The van der Waals surface area contributed by atoms with E-state index in [2.05, 4.69) is 43.4 Å². The Morgan fingerprint density at radius 1 is 1.14 bits per heavy atom. The molecule has 1 saturated heterocycles. The second-order valence-corrected chi connectivity index (χ2v) is 7.37. The van der Waals surface area contributed by atoms with Crippen LogP contribution in [0.1, 0.15) is 35.1 Å². The first-order valence-corrected chi connectivity index (χ1v) is 9.36. The summed E-state index contributed by atoms with van der Waals surface area (Å²) in [6.45, 7) is 1.12. The molecule has 1 amide bonds. The minimum absolute atomic E-state index is 0.294. The summed E-state index contributed by atoms with van der Waals surface area (Å²) in [6, 6.07) is 6.17. The molecule has 5 heterocycles. The first-order valence-electron chi connectivity index (χ1n) is 9.36. The number of hydrogen-bond acceptors (Lipinski definition) is 5. The maximum atomic E-state index is 12.6. The lowest BCUT2D eigenvalue weighted by Crippen LogP contribution is -2.17. The third-order valence-electron chi connectivity index (χ3n) is 5.51. The smallest absolute Gasteiger partial charge is 0.275 e. The fourth-order valence-electron chi connectivity index (χ4n) is 3.95. The van der Waals surface area contributed by atoms with Crippen LogP contribution in [0.2, 0.25) is 0 Å². The molecule has 1 aliphatic rings. The van der Waals surface area contributed by atoms with E-state index in [0.29, 0.717) is 17.6 Å². The maximum absolute atomic E-state index is 12.6. The number of pyridine rings is 2. The van der Waals surface area contributed by atoms with E-state index in [-0.39, 0.29) is 5.91 Å². The van der Waals surface area contributed by atoms with Crippen molar-refractivity contribution in [2.75, 3.05) is 18.9 Å². The number of amides is 1. The van der Waals surface area contributed by atoms with Gasteiger partial charge in [0, 0.05) is 48.0 Å². The van der Waals surface area contributed by atoms with E-state index in [0.717, 1.165) is 34.8 Å². The Bertz CT molecular complexity index is 1190. The molecule has 1 atom stereocenters. The van der Waals surface area contributed by atoms with E-state index in [1.165, 1.54) is 12.1 Å². The zero-order valence-corrected chi connectivity index (χ0v) is 15.8. The summed E-state index contributed by atoms with van der Waals surface area (Å²) in [5.74, 6) is 0.204. The van der Waals surface area contributed by atoms with E-state index < -0.39 is 0 Å². The molecule has 142 valence electrons. The predicted molar refractivity (Wildman–Crippen MR) is 107 cm³/mol. The molecule has 0 radical (unpaired) electrons. The Hall–Kier alpha value is -3.26. The first kappa shape index (κ1) is 16.9. The third-order valence-corrected chi connectivity index (χ3v) is 5.51. The second kappa shape index (κ2) is 6.42. The van der Waals surface area contributed by atoms with Crippen molar-refractivity contribution >= 4 is 33.5 Å². The molecular formula is C20H21N7O. The molecule has 8 nitrogen and oxygen atoms in total. The van der Waals surface area contributed by atoms with Crippen LogP contribution in [-0.2, 0) is 7.05 Å². The summed E-state index contributed by atoms with van der Waals surface area (Å²) in [5, 5.41) is 8.96. The number of aromatic amines is 1. The van der Waals surface area contributed by atoms with Crippen LogP contribution in [0.5, 0.6) is 0 Å². The number of nitrogens with one attached hydrogen (secondary N) is 2. The van der Waals surface area contributed by atoms with Crippen molar-refractivity contribution in [3.8, 4) is 0 Å². The molecule has 4 aromatic rings.